The van der Waals surface area contributed by atoms with E-state index in [4.69, 9.17) is 19.9 Å². The number of para-hydroxylation sites is 1. The Kier molecular flexibility index (Phi) is 6.79. The quantitative estimate of drug-likeness (QED) is 0.270. The van der Waals surface area contributed by atoms with Crippen molar-refractivity contribution in [3.05, 3.63) is 82.2 Å². The third-order valence-corrected chi connectivity index (χ3v) is 8.88. The van der Waals surface area contributed by atoms with Gasteiger partial charge >= 0.3 is 11.8 Å². The van der Waals surface area contributed by atoms with Crippen LogP contribution < -0.4 is 10.6 Å². The fraction of sp³-hybridized carbons (Fsp3) is 0.353. The summed E-state index contributed by atoms with van der Waals surface area (Å²) < 4.78 is 1.63. The molecule has 1 N–H and O–H groups in total. The van der Waals surface area contributed by atoms with Gasteiger partial charge in [-0.1, -0.05) is 38.1 Å². The van der Waals surface area contributed by atoms with Crippen molar-refractivity contribution >= 4 is 33.8 Å². The minimum absolute atomic E-state index is 0.0584. The third-order valence-electron chi connectivity index (χ3n) is 8.88. The van der Waals surface area contributed by atoms with Crippen LogP contribution in [0.25, 0.3) is 38.9 Å². The van der Waals surface area contributed by atoms with Crippen LogP contribution in [0.3, 0.4) is 0 Å². The predicted octanol–water partition coefficient (Wildman–Crippen LogP) is 5.89. The van der Waals surface area contributed by atoms with Gasteiger partial charge in [-0.15, -0.1) is 0 Å². The number of carbonyl (C=O) groups is 1. The van der Waals surface area contributed by atoms with Gasteiger partial charge in [0, 0.05) is 49.0 Å². The van der Waals surface area contributed by atoms with Crippen LogP contribution in [-0.2, 0) is 0 Å². The molecule has 10 nitrogen and oxygen atoms in total. The number of nitrogens with zero attached hydrogens (tertiary/aromatic N) is 7. The van der Waals surface area contributed by atoms with Crippen molar-refractivity contribution in [2.75, 3.05) is 24.5 Å². The molecule has 2 fully saturated rings. The van der Waals surface area contributed by atoms with Crippen molar-refractivity contribution in [3.8, 4) is 16.9 Å². The second kappa shape index (κ2) is 10.7. The van der Waals surface area contributed by atoms with E-state index in [1.807, 2.05) is 44.2 Å². The molecule has 7 rings (SSSR count). The summed E-state index contributed by atoms with van der Waals surface area (Å²) in [7, 11) is 0. The summed E-state index contributed by atoms with van der Waals surface area (Å²) in [5.41, 5.74) is 6.22. The second-order valence-corrected chi connectivity index (χ2v) is 12.3. The van der Waals surface area contributed by atoms with Crippen LogP contribution in [-0.4, -0.2) is 66.3 Å². The predicted molar refractivity (Wildman–Crippen MR) is 171 cm³/mol. The first-order valence-corrected chi connectivity index (χ1v) is 15.2. The summed E-state index contributed by atoms with van der Waals surface area (Å²) in [4.78, 5) is 49.0. The molecule has 44 heavy (non-hydrogen) atoms. The molecule has 2 aliphatic rings. The van der Waals surface area contributed by atoms with Crippen molar-refractivity contribution in [2.24, 2.45) is 0 Å². The molecule has 1 atom stereocenters. The molecular formula is C34H35N7O3. The normalized spacial score (nSPS) is 17.2. The number of amides is 1. The topological polar surface area (TPSA) is 117 Å². The lowest BCUT2D eigenvalue weighted by atomic mass is 9.98. The van der Waals surface area contributed by atoms with Crippen molar-refractivity contribution < 1.29 is 9.90 Å². The lowest BCUT2D eigenvalue weighted by Crippen LogP contribution is -2.54. The van der Waals surface area contributed by atoms with E-state index in [1.165, 1.54) is 4.90 Å². The Morgan fingerprint density at radius 1 is 1.02 bits per heavy atom. The Labute approximate surface area is 255 Å². The maximum Gasteiger partial charge on any atom is 0.407 e. The lowest BCUT2D eigenvalue weighted by Gasteiger charge is -2.39. The van der Waals surface area contributed by atoms with E-state index in [-0.39, 0.29) is 12.0 Å². The molecule has 1 aliphatic heterocycles. The van der Waals surface area contributed by atoms with E-state index in [0.29, 0.717) is 42.7 Å². The third kappa shape index (κ3) is 4.65. The second-order valence-electron chi connectivity index (χ2n) is 12.3. The molecule has 224 valence electrons. The van der Waals surface area contributed by atoms with Crippen molar-refractivity contribution in [1.82, 2.24) is 29.4 Å². The Hall–Kier alpha value is -4.86. The van der Waals surface area contributed by atoms with Crippen LogP contribution in [0.2, 0.25) is 0 Å². The van der Waals surface area contributed by atoms with Crippen LogP contribution in [0, 0.1) is 6.92 Å². The molecule has 1 amide bonds. The highest BCUT2D eigenvalue weighted by molar-refractivity contribution is 5.97. The Morgan fingerprint density at radius 3 is 2.55 bits per heavy atom. The fourth-order valence-electron chi connectivity index (χ4n) is 6.51. The number of rotatable bonds is 5. The summed E-state index contributed by atoms with van der Waals surface area (Å²) in [6.45, 7) is 9.16. The highest BCUT2D eigenvalue weighted by atomic mass is 16.4. The SMILES string of the molecule is Cc1ccnc(C(C)C)c1-n1c(=O)nc(N2CCN(C(=O)O)C[C@@H]2C)c2cc(C3CC3)c(-c3cccc4cccnc34)nc21. The lowest BCUT2D eigenvalue weighted by molar-refractivity contribution is 0.136. The number of benzene rings is 1. The molecule has 10 heteroatoms. The average molecular weight is 590 g/mol. The maximum atomic E-state index is 14.2. The number of hydrogen-bond acceptors (Lipinski definition) is 7. The van der Waals surface area contributed by atoms with Gasteiger partial charge in [0.1, 0.15) is 5.82 Å². The van der Waals surface area contributed by atoms with Gasteiger partial charge in [-0.25, -0.2) is 19.1 Å². The van der Waals surface area contributed by atoms with E-state index in [1.54, 1.807) is 17.0 Å². The zero-order chi connectivity index (χ0) is 30.7. The monoisotopic (exact) mass is 589 g/mol. The molecule has 0 unspecified atom stereocenters. The van der Waals surface area contributed by atoms with Crippen LogP contribution >= 0.6 is 0 Å². The number of aryl methyl sites for hydroxylation is 1. The molecule has 1 saturated heterocycles. The largest absolute Gasteiger partial charge is 0.465 e. The van der Waals surface area contributed by atoms with Crippen LogP contribution in [0.4, 0.5) is 10.6 Å². The number of hydrogen-bond donors (Lipinski definition) is 1. The number of pyridine rings is 3. The molecule has 1 aromatic carbocycles. The Morgan fingerprint density at radius 2 is 1.82 bits per heavy atom. The molecule has 0 spiro atoms. The molecule has 4 aromatic heterocycles. The highest BCUT2D eigenvalue weighted by Crippen LogP contribution is 2.46. The Bertz CT molecular complexity index is 1990. The summed E-state index contributed by atoms with van der Waals surface area (Å²) in [6, 6.07) is 14.0. The zero-order valence-corrected chi connectivity index (χ0v) is 25.4. The van der Waals surface area contributed by atoms with Gasteiger partial charge < -0.3 is 14.9 Å². The summed E-state index contributed by atoms with van der Waals surface area (Å²) >= 11 is 0. The number of fused-ring (bicyclic) bond motifs is 2. The van der Waals surface area contributed by atoms with Gasteiger partial charge in [-0.05, 0) is 67.9 Å². The Balaban J connectivity index is 1.56. The van der Waals surface area contributed by atoms with E-state index in [0.717, 1.165) is 57.2 Å². The molecule has 5 aromatic rings. The number of piperazine rings is 1. The maximum absolute atomic E-state index is 14.2. The highest BCUT2D eigenvalue weighted by Gasteiger charge is 2.33. The fourth-order valence-corrected chi connectivity index (χ4v) is 6.51. The van der Waals surface area contributed by atoms with Crippen LogP contribution in [0.15, 0.2) is 59.7 Å². The molecule has 5 heterocycles. The standard InChI is InChI=1S/C34H35N7O3/c1-19(2)27-30(20(3)12-14-36-27)41-32-26(31(38-33(41)42)40-16-15-39(34(43)44)18-21(40)4)17-25(22-10-11-22)29(37-32)24-9-5-7-23-8-6-13-35-28(23)24/h5-9,12-14,17,19,21-22H,10-11,15-16,18H2,1-4H3,(H,43,44)/t21-/m0/s1. The molecule has 0 radical (unpaired) electrons. The van der Waals surface area contributed by atoms with Gasteiger partial charge in [0.15, 0.2) is 5.65 Å². The summed E-state index contributed by atoms with van der Waals surface area (Å²) in [5.74, 6) is 0.952. The van der Waals surface area contributed by atoms with E-state index in [2.05, 4.69) is 30.9 Å². The van der Waals surface area contributed by atoms with Crippen molar-refractivity contribution in [2.45, 2.75) is 58.4 Å². The first-order valence-electron chi connectivity index (χ1n) is 15.2. The molecule has 1 saturated carbocycles. The summed E-state index contributed by atoms with van der Waals surface area (Å²) in [5, 5.41) is 11.4. The molecule has 0 bridgehead atoms. The van der Waals surface area contributed by atoms with E-state index < -0.39 is 11.8 Å². The van der Waals surface area contributed by atoms with Crippen LogP contribution in [0.1, 0.15) is 62.3 Å². The van der Waals surface area contributed by atoms with Gasteiger partial charge in [-0.3, -0.25) is 9.97 Å². The van der Waals surface area contributed by atoms with Crippen molar-refractivity contribution in [1.29, 1.82) is 0 Å². The van der Waals surface area contributed by atoms with Gasteiger partial charge in [-0.2, -0.15) is 4.98 Å². The van der Waals surface area contributed by atoms with E-state index >= 15 is 0 Å². The van der Waals surface area contributed by atoms with Gasteiger partial charge in [0.25, 0.3) is 0 Å². The number of carboxylic acid groups (broad SMARTS) is 1. The van der Waals surface area contributed by atoms with Gasteiger partial charge in [0.05, 0.1) is 28.0 Å². The first kappa shape index (κ1) is 27.9. The smallest absolute Gasteiger partial charge is 0.407 e. The summed E-state index contributed by atoms with van der Waals surface area (Å²) in [6.07, 6.45) is 4.76. The molecular weight excluding hydrogens is 554 g/mol. The number of aromatic nitrogens is 5. The minimum atomic E-state index is -0.941. The minimum Gasteiger partial charge on any atom is -0.465 e. The zero-order valence-electron chi connectivity index (χ0n) is 25.4. The van der Waals surface area contributed by atoms with Crippen LogP contribution in [0.5, 0.6) is 0 Å². The molecule has 1 aliphatic carbocycles. The average Bonchev–Trinajstić information content (AvgIpc) is 3.86. The van der Waals surface area contributed by atoms with Crippen molar-refractivity contribution in [3.63, 3.8) is 0 Å². The van der Waals surface area contributed by atoms with E-state index in [9.17, 15) is 14.7 Å². The first-order chi connectivity index (χ1) is 21.2. The van der Waals surface area contributed by atoms with Gasteiger partial charge in [0.2, 0.25) is 0 Å². The number of anilines is 1.